The maximum absolute atomic E-state index is 4.11. The van der Waals surface area contributed by atoms with E-state index in [9.17, 15) is 0 Å². The van der Waals surface area contributed by atoms with Gasteiger partial charge in [-0.25, -0.2) is 0 Å². The molecule has 0 saturated carbocycles. The number of hydrogen-bond donors (Lipinski definition) is 0. The SMILES string of the molecule is C=CC1=CC=C(c2ccc3c(c2)c2cc(-c4ccc(N(c5ccc(-c6ccccc6)cc5)c5ccc6c(c5)C(c5ccc(C=C)cc5)(c5cc(C)ccc5C)c5ccccc5-6)cc4)ccc2n3-c2ccc(C=C)cc2)CC1C. The molecule has 13 rings (SSSR count). The molecule has 1 aromatic heterocycles. The molecule has 0 aliphatic heterocycles. The van der Waals surface area contributed by atoms with Gasteiger partial charge in [-0.2, -0.15) is 0 Å². The molecule has 0 spiro atoms. The average Bonchev–Trinajstić information content (AvgIpc) is 4.02. The number of fused-ring (bicyclic) bond motifs is 6. The van der Waals surface area contributed by atoms with Crippen molar-refractivity contribution in [2.24, 2.45) is 5.92 Å². The maximum atomic E-state index is 4.11. The Balaban J connectivity index is 0.967. The van der Waals surface area contributed by atoms with Crippen molar-refractivity contribution >= 4 is 56.6 Å². The van der Waals surface area contributed by atoms with Crippen LogP contribution >= 0.6 is 0 Å². The number of anilines is 3. The summed E-state index contributed by atoms with van der Waals surface area (Å²) in [7, 11) is 0. The zero-order valence-corrected chi connectivity index (χ0v) is 44.5. The number of nitrogens with zero attached hydrogens (tertiary/aromatic N) is 2. The van der Waals surface area contributed by atoms with Gasteiger partial charge in [0.2, 0.25) is 0 Å². The first-order valence-corrected chi connectivity index (χ1v) is 27.2. The van der Waals surface area contributed by atoms with Crippen LogP contribution in [-0.2, 0) is 5.41 Å². The minimum absolute atomic E-state index is 0.416. The molecule has 0 N–H and O–H groups in total. The normalized spacial score (nSPS) is 15.6. The van der Waals surface area contributed by atoms with Gasteiger partial charge in [0.15, 0.2) is 0 Å². The van der Waals surface area contributed by atoms with Gasteiger partial charge < -0.3 is 9.47 Å². The zero-order valence-electron chi connectivity index (χ0n) is 44.5. The van der Waals surface area contributed by atoms with Crippen LogP contribution in [0.25, 0.3) is 78.6 Å². The van der Waals surface area contributed by atoms with E-state index in [-0.39, 0.29) is 0 Å². The van der Waals surface area contributed by atoms with Gasteiger partial charge in [0.05, 0.1) is 16.4 Å². The molecule has 2 atom stereocenters. The lowest BCUT2D eigenvalue weighted by Gasteiger charge is -2.36. The predicted octanol–water partition coefficient (Wildman–Crippen LogP) is 20.4. The first-order valence-electron chi connectivity index (χ1n) is 27.2. The minimum atomic E-state index is -0.583. The Labute approximate surface area is 459 Å². The molecule has 374 valence electrons. The Morgan fingerprint density at radius 2 is 1.03 bits per heavy atom. The third-order valence-corrected chi connectivity index (χ3v) is 16.7. The molecular formula is C76H60N2. The summed E-state index contributed by atoms with van der Waals surface area (Å²) in [5.41, 5.74) is 27.0. The van der Waals surface area contributed by atoms with Crippen LogP contribution in [-0.4, -0.2) is 4.57 Å². The van der Waals surface area contributed by atoms with Gasteiger partial charge in [-0.1, -0.05) is 214 Å². The fourth-order valence-corrected chi connectivity index (χ4v) is 12.7. The van der Waals surface area contributed by atoms with E-state index in [1.165, 1.54) is 99.7 Å². The predicted molar refractivity (Wildman–Crippen MR) is 333 cm³/mol. The van der Waals surface area contributed by atoms with E-state index in [4.69, 9.17) is 0 Å². The fourth-order valence-electron chi connectivity index (χ4n) is 12.7. The van der Waals surface area contributed by atoms with Crippen LogP contribution in [0.4, 0.5) is 17.1 Å². The first kappa shape index (κ1) is 48.2. The van der Waals surface area contributed by atoms with E-state index in [0.717, 1.165) is 45.9 Å². The van der Waals surface area contributed by atoms with Crippen molar-refractivity contribution in [3.63, 3.8) is 0 Å². The highest BCUT2D eigenvalue weighted by atomic mass is 15.1. The van der Waals surface area contributed by atoms with Crippen molar-refractivity contribution in [3.05, 3.63) is 318 Å². The smallest absolute Gasteiger partial charge is 0.0716 e. The summed E-state index contributed by atoms with van der Waals surface area (Å²) in [6.45, 7) is 19.0. The van der Waals surface area contributed by atoms with Crippen LogP contribution in [0.5, 0.6) is 0 Å². The number of hydrogen-bond acceptors (Lipinski definition) is 1. The van der Waals surface area contributed by atoms with E-state index >= 15 is 0 Å². The van der Waals surface area contributed by atoms with Gasteiger partial charge in [0.1, 0.15) is 0 Å². The molecule has 2 aliphatic rings. The second-order valence-electron chi connectivity index (χ2n) is 21.2. The molecule has 2 aliphatic carbocycles. The molecule has 0 fully saturated rings. The van der Waals surface area contributed by atoms with E-state index in [2.05, 4.69) is 287 Å². The molecular weight excluding hydrogens is 941 g/mol. The summed E-state index contributed by atoms with van der Waals surface area (Å²) in [6.07, 6.45) is 11.3. The van der Waals surface area contributed by atoms with Crippen LogP contribution in [0.2, 0.25) is 0 Å². The molecule has 0 bridgehead atoms. The second kappa shape index (κ2) is 19.6. The molecule has 0 radical (unpaired) electrons. The van der Waals surface area contributed by atoms with Gasteiger partial charge in [-0.15, -0.1) is 0 Å². The standard InChI is InChI=1S/C76H60N2/c1-7-53-21-33-62(34-22-53)76(72-45-50(4)19-20-51(72)5)71-18-14-13-17-67(71)68-42-41-66(49-73(68)76)77(63-37-27-57(28-38-63)56-15-11-10-12-16-56)64-39-29-58(30-40-64)60-31-43-74-69(47-60)70-48-61(59-26-25-55(9-3)52(6)46-59)32-44-75(70)78(74)65-35-23-54(8-2)24-36-65/h7-45,47-49,52H,1-3,46H2,4-6H3. The Morgan fingerprint density at radius 3 is 1.68 bits per heavy atom. The molecule has 10 aromatic carbocycles. The minimum Gasteiger partial charge on any atom is -0.310 e. The summed E-state index contributed by atoms with van der Waals surface area (Å²) in [4.78, 5) is 2.43. The lowest BCUT2D eigenvalue weighted by atomic mass is 9.66. The summed E-state index contributed by atoms with van der Waals surface area (Å²) in [6, 6.07) is 83.7. The molecule has 2 unspecified atom stereocenters. The van der Waals surface area contributed by atoms with E-state index < -0.39 is 5.41 Å². The summed E-state index contributed by atoms with van der Waals surface area (Å²) in [5, 5.41) is 2.46. The third kappa shape index (κ3) is 8.03. The molecule has 1 heterocycles. The van der Waals surface area contributed by atoms with Crippen molar-refractivity contribution in [3.8, 4) is 39.1 Å². The van der Waals surface area contributed by atoms with Gasteiger partial charge in [-0.05, 0) is 188 Å². The highest BCUT2D eigenvalue weighted by Gasteiger charge is 2.47. The molecule has 78 heavy (non-hydrogen) atoms. The van der Waals surface area contributed by atoms with E-state index in [1.807, 2.05) is 18.2 Å². The van der Waals surface area contributed by atoms with Crippen molar-refractivity contribution in [1.29, 1.82) is 0 Å². The Kier molecular flexibility index (Phi) is 12.1. The number of aromatic nitrogens is 1. The fraction of sp³-hybridized carbons (Fsp3) is 0.0789. The summed E-state index contributed by atoms with van der Waals surface area (Å²) in [5.74, 6) is 0.416. The van der Waals surface area contributed by atoms with Crippen molar-refractivity contribution in [1.82, 2.24) is 4.57 Å². The van der Waals surface area contributed by atoms with Gasteiger partial charge >= 0.3 is 0 Å². The number of allylic oxidation sites excluding steroid dienone is 5. The van der Waals surface area contributed by atoms with E-state index in [0.29, 0.717) is 5.92 Å². The number of benzene rings is 10. The quantitative estimate of drug-likeness (QED) is 0.118. The zero-order chi connectivity index (χ0) is 53.1. The Morgan fingerprint density at radius 1 is 0.462 bits per heavy atom. The second-order valence-corrected chi connectivity index (χ2v) is 21.2. The largest absolute Gasteiger partial charge is 0.310 e. The first-order chi connectivity index (χ1) is 38.2. The van der Waals surface area contributed by atoms with Crippen LogP contribution < -0.4 is 4.90 Å². The molecule has 11 aromatic rings. The van der Waals surface area contributed by atoms with Crippen LogP contribution in [0.15, 0.2) is 268 Å². The van der Waals surface area contributed by atoms with Gasteiger partial charge in [-0.3, -0.25) is 0 Å². The molecule has 2 nitrogen and oxygen atoms in total. The monoisotopic (exact) mass is 1000 g/mol. The van der Waals surface area contributed by atoms with E-state index in [1.54, 1.807) is 0 Å². The highest BCUT2D eigenvalue weighted by Crippen LogP contribution is 2.58. The third-order valence-electron chi connectivity index (χ3n) is 16.7. The highest BCUT2D eigenvalue weighted by molar-refractivity contribution is 6.11. The molecule has 0 saturated heterocycles. The lowest BCUT2D eigenvalue weighted by Crippen LogP contribution is -2.30. The number of aryl methyl sites for hydroxylation is 2. The number of rotatable bonds is 12. The van der Waals surface area contributed by atoms with Crippen LogP contribution in [0, 0.1) is 19.8 Å². The lowest BCUT2D eigenvalue weighted by molar-refractivity contribution is 0.716. The van der Waals surface area contributed by atoms with Crippen molar-refractivity contribution in [2.45, 2.75) is 32.6 Å². The van der Waals surface area contributed by atoms with Gasteiger partial charge in [0.25, 0.3) is 0 Å². The van der Waals surface area contributed by atoms with Gasteiger partial charge in [0, 0.05) is 33.5 Å². The average molecular weight is 1000 g/mol. The van der Waals surface area contributed by atoms with Crippen molar-refractivity contribution in [2.75, 3.05) is 4.90 Å². The van der Waals surface area contributed by atoms with Crippen LogP contribution in [0.1, 0.15) is 63.4 Å². The Hall–Kier alpha value is -9.50. The molecule has 0 amide bonds. The maximum Gasteiger partial charge on any atom is 0.0716 e. The topological polar surface area (TPSA) is 8.17 Å². The molecule has 2 heteroatoms. The van der Waals surface area contributed by atoms with Crippen LogP contribution in [0.3, 0.4) is 0 Å². The Bertz CT molecular complexity index is 4220. The summed E-state index contributed by atoms with van der Waals surface area (Å²) < 4.78 is 2.41. The van der Waals surface area contributed by atoms with Crippen molar-refractivity contribution < 1.29 is 0 Å². The summed E-state index contributed by atoms with van der Waals surface area (Å²) >= 11 is 0.